The molecule has 2 amide bonds. The zero-order valence-corrected chi connectivity index (χ0v) is 17.9. The molecule has 2 aromatic rings. The molecule has 0 radical (unpaired) electrons. The van der Waals surface area contributed by atoms with Gasteiger partial charge in [-0.25, -0.2) is 0 Å². The van der Waals surface area contributed by atoms with Crippen molar-refractivity contribution in [1.29, 1.82) is 0 Å². The largest absolute Gasteiger partial charge is 0.493 e. The fraction of sp³-hybridized carbons (Fsp3) is 0.391. The normalized spacial score (nSPS) is 15.3. The Morgan fingerprint density at radius 2 is 1.90 bits per heavy atom. The first-order chi connectivity index (χ1) is 14.5. The molecule has 1 aliphatic heterocycles. The number of carbonyl (C=O) groups excluding carboxylic acids is 2. The average Bonchev–Trinajstić information content (AvgIpc) is 2.75. The summed E-state index contributed by atoms with van der Waals surface area (Å²) >= 11 is 0. The molecule has 0 saturated heterocycles. The van der Waals surface area contributed by atoms with E-state index < -0.39 is 6.10 Å². The van der Waals surface area contributed by atoms with Gasteiger partial charge in [-0.05, 0) is 55.2 Å². The van der Waals surface area contributed by atoms with Crippen LogP contribution in [0.2, 0.25) is 0 Å². The highest BCUT2D eigenvalue weighted by Crippen LogP contribution is 2.35. The van der Waals surface area contributed by atoms with Crippen molar-refractivity contribution < 1.29 is 23.8 Å². The van der Waals surface area contributed by atoms with E-state index in [4.69, 9.17) is 14.2 Å². The molecule has 0 unspecified atom stereocenters. The molecule has 7 heteroatoms. The SMILES string of the molecule is CC[C@@H]1Oc2ccc(C)cc2N(CC(=O)NCCc2ccc(OC)c(OC)c2)C1=O. The molecular formula is C23H28N2O5. The maximum atomic E-state index is 12.8. The number of ether oxygens (including phenoxy) is 3. The summed E-state index contributed by atoms with van der Waals surface area (Å²) in [6, 6.07) is 11.3. The van der Waals surface area contributed by atoms with Gasteiger partial charge in [0, 0.05) is 6.54 Å². The van der Waals surface area contributed by atoms with Crippen molar-refractivity contribution in [1.82, 2.24) is 5.32 Å². The number of hydrogen-bond acceptors (Lipinski definition) is 5. The lowest BCUT2D eigenvalue weighted by molar-refractivity contribution is -0.129. The second-order valence-electron chi connectivity index (χ2n) is 7.20. The van der Waals surface area contributed by atoms with Crippen LogP contribution in [0, 0.1) is 6.92 Å². The third kappa shape index (κ3) is 4.67. The standard InChI is InChI=1S/C23H28N2O5/c1-5-18-23(27)25(17-12-15(2)6-8-19(17)30-18)14-22(26)24-11-10-16-7-9-20(28-3)21(13-16)29-4/h6-9,12-13,18H,5,10-11,14H2,1-4H3,(H,24,26)/t18-/m0/s1. The average molecular weight is 412 g/mol. The summed E-state index contributed by atoms with van der Waals surface area (Å²) in [7, 11) is 3.18. The lowest BCUT2D eigenvalue weighted by Gasteiger charge is -2.33. The number of benzene rings is 2. The number of anilines is 1. The van der Waals surface area contributed by atoms with Gasteiger partial charge in [0.25, 0.3) is 5.91 Å². The zero-order valence-electron chi connectivity index (χ0n) is 17.9. The quantitative estimate of drug-likeness (QED) is 0.722. The molecule has 0 fully saturated rings. The molecule has 3 rings (SSSR count). The van der Waals surface area contributed by atoms with Crippen LogP contribution in [-0.4, -0.2) is 45.2 Å². The number of rotatable bonds is 8. The van der Waals surface area contributed by atoms with E-state index in [0.29, 0.717) is 42.3 Å². The summed E-state index contributed by atoms with van der Waals surface area (Å²) in [5.74, 6) is 1.54. The number of aryl methyl sites for hydroxylation is 1. The Labute approximate surface area is 176 Å². The van der Waals surface area contributed by atoms with Crippen molar-refractivity contribution in [2.24, 2.45) is 0 Å². The monoisotopic (exact) mass is 412 g/mol. The van der Waals surface area contributed by atoms with E-state index in [0.717, 1.165) is 11.1 Å². The van der Waals surface area contributed by atoms with Gasteiger partial charge < -0.3 is 19.5 Å². The maximum absolute atomic E-state index is 12.8. The number of hydrogen-bond donors (Lipinski definition) is 1. The minimum atomic E-state index is -0.570. The lowest BCUT2D eigenvalue weighted by atomic mass is 10.1. The Kier molecular flexibility index (Phi) is 6.82. The minimum Gasteiger partial charge on any atom is -0.493 e. The molecule has 160 valence electrons. The van der Waals surface area contributed by atoms with Gasteiger partial charge in [0.2, 0.25) is 5.91 Å². The second-order valence-corrected chi connectivity index (χ2v) is 7.20. The molecule has 30 heavy (non-hydrogen) atoms. The molecule has 1 aliphatic rings. The Hall–Kier alpha value is -3.22. The third-order valence-corrected chi connectivity index (χ3v) is 5.07. The van der Waals surface area contributed by atoms with Crippen LogP contribution in [0.25, 0.3) is 0 Å². The lowest BCUT2D eigenvalue weighted by Crippen LogP contribution is -2.49. The van der Waals surface area contributed by atoms with Gasteiger partial charge in [0.15, 0.2) is 17.6 Å². The van der Waals surface area contributed by atoms with Gasteiger partial charge in [-0.2, -0.15) is 0 Å². The highest BCUT2D eigenvalue weighted by molar-refractivity contribution is 6.03. The summed E-state index contributed by atoms with van der Waals surface area (Å²) in [6.07, 6.45) is 0.611. The van der Waals surface area contributed by atoms with Crippen molar-refractivity contribution in [3.05, 3.63) is 47.5 Å². The predicted octanol–water partition coefficient (Wildman–Crippen LogP) is 2.88. The minimum absolute atomic E-state index is 0.0406. The van der Waals surface area contributed by atoms with E-state index in [1.807, 2.05) is 50.2 Å². The summed E-state index contributed by atoms with van der Waals surface area (Å²) in [6.45, 7) is 4.24. The van der Waals surface area contributed by atoms with Gasteiger partial charge in [0.05, 0.1) is 19.9 Å². The van der Waals surface area contributed by atoms with Crippen molar-refractivity contribution in [2.45, 2.75) is 32.8 Å². The smallest absolute Gasteiger partial charge is 0.268 e. The van der Waals surface area contributed by atoms with Gasteiger partial charge in [0.1, 0.15) is 12.3 Å². The van der Waals surface area contributed by atoms with Crippen LogP contribution >= 0.6 is 0 Å². The van der Waals surface area contributed by atoms with Gasteiger partial charge in [-0.15, -0.1) is 0 Å². The summed E-state index contributed by atoms with van der Waals surface area (Å²) in [4.78, 5) is 26.9. The van der Waals surface area contributed by atoms with Gasteiger partial charge in [-0.3, -0.25) is 14.5 Å². The number of nitrogens with zero attached hydrogens (tertiary/aromatic N) is 1. The van der Waals surface area contributed by atoms with Crippen LogP contribution in [0.1, 0.15) is 24.5 Å². The molecule has 0 aliphatic carbocycles. The molecular weight excluding hydrogens is 384 g/mol. The third-order valence-electron chi connectivity index (χ3n) is 5.07. The number of carbonyl (C=O) groups is 2. The van der Waals surface area contributed by atoms with Crippen molar-refractivity contribution >= 4 is 17.5 Å². The van der Waals surface area contributed by atoms with Crippen molar-refractivity contribution in [3.63, 3.8) is 0 Å². The van der Waals surface area contributed by atoms with Crippen LogP contribution in [0.4, 0.5) is 5.69 Å². The molecule has 1 N–H and O–H groups in total. The van der Waals surface area contributed by atoms with E-state index in [-0.39, 0.29) is 18.4 Å². The van der Waals surface area contributed by atoms with Gasteiger partial charge >= 0.3 is 0 Å². The highest BCUT2D eigenvalue weighted by Gasteiger charge is 2.34. The van der Waals surface area contributed by atoms with E-state index in [1.165, 1.54) is 4.90 Å². The molecule has 0 bridgehead atoms. The molecule has 0 aromatic heterocycles. The van der Waals surface area contributed by atoms with Crippen LogP contribution in [-0.2, 0) is 16.0 Å². The number of methoxy groups -OCH3 is 2. The molecule has 1 heterocycles. The summed E-state index contributed by atoms with van der Waals surface area (Å²) in [5, 5.41) is 2.90. The molecule has 0 saturated carbocycles. The van der Waals surface area contributed by atoms with Crippen LogP contribution in [0.3, 0.4) is 0 Å². The van der Waals surface area contributed by atoms with Crippen LogP contribution in [0.5, 0.6) is 17.2 Å². The van der Waals surface area contributed by atoms with Crippen LogP contribution < -0.4 is 24.4 Å². The van der Waals surface area contributed by atoms with Crippen molar-refractivity contribution in [2.75, 3.05) is 32.2 Å². The number of fused-ring (bicyclic) bond motifs is 1. The topological polar surface area (TPSA) is 77.1 Å². The van der Waals surface area contributed by atoms with Gasteiger partial charge in [-0.1, -0.05) is 19.1 Å². The fourth-order valence-electron chi connectivity index (χ4n) is 3.44. The molecule has 0 spiro atoms. The first kappa shape index (κ1) is 21.5. The Morgan fingerprint density at radius 1 is 1.13 bits per heavy atom. The molecule has 2 aromatic carbocycles. The van der Waals surface area contributed by atoms with E-state index in [1.54, 1.807) is 14.2 Å². The summed E-state index contributed by atoms with van der Waals surface area (Å²) < 4.78 is 16.3. The molecule has 1 atom stereocenters. The fourth-order valence-corrected chi connectivity index (χ4v) is 3.44. The first-order valence-electron chi connectivity index (χ1n) is 10.0. The molecule has 7 nitrogen and oxygen atoms in total. The predicted molar refractivity (Wildman–Crippen MR) is 114 cm³/mol. The zero-order chi connectivity index (χ0) is 21.7. The number of nitrogens with one attached hydrogen (secondary N) is 1. The highest BCUT2D eigenvalue weighted by atomic mass is 16.5. The Morgan fingerprint density at radius 3 is 2.60 bits per heavy atom. The first-order valence-corrected chi connectivity index (χ1v) is 10.0. The summed E-state index contributed by atoms with van der Waals surface area (Å²) in [5.41, 5.74) is 2.65. The Balaban J connectivity index is 1.63. The van der Waals surface area contributed by atoms with E-state index in [9.17, 15) is 9.59 Å². The van der Waals surface area contributed by atoms with E-state index in [2.05, 4.69) is 5.32 Å². The maximum Gasteiger partial charge on any atom is 0.268 e. The number of amides is 2. The second kappa shape index (κ2) is 9.52. The van der Waals surface area contributed by atoms with E-state index >= 15 is 0 Å². The van der Waals surface area contributed by atoms with Crippen molar-refractivity contribution in [3.8, 4) is 17.2 Å². The van der Waals surface area contributed by atoms with Crippen LogP contribution in [0.15, 0.2) is 36.4 Å². The Bertz CT molecular complexity index is 928.